The van der Waals surface area contributed by atoms with Crippen LogP contribution in [0.5, 0.6) is 0 Å². The van der Waals surface area contributed by atoms with E-state index < -0.39 is 0 Å². The Bertz CT molecular complexity index is 3320. The van der Waals surface area contributed by atoms with E-state index in [1.165, 1.54) is 0 Å². The summed E-state index contributed by atoms with van der Waals surface area (Å²) in [7, 11) is 1.83. The molecule has 5 unspecified atom stereocenters. The number of pyridine rings is 2. The van der Waals surface area contributed by atoms with E-state index >= 15 is 0 Å². The van der Waals surface area contributed by atoms with Gasteiger partial charge in [-0.3, -0.25) is 18.4 Å². The lowest BCUT2D eigenvalue weighted by Gasteiger charge is -2.36. The van der Waals surface area contributed by atoms with E-state index in [0.29, 0.717) is 63.4 Å². The summed E-state index contributed by atoms with van der Waals surface area (Å²) < 4.78 is 4.07. The number of benzene rings is 2. The summed E-state index contributed by atoms with van der Waals surface area (Å²) in [4.78, 5) is 63.9. The molecule has 68 heavy (non-hydrogen) atoms. The standard InChI is InChI=1S/C50H58N16O2/c1-25(56-42-34-20-53-50(64-23-28(4)55-29(5)24-64)62-44(34)65-37-10-8-7-9-35(37)59-46(65)40(42)48(68)58-32-14-15-32)17-30-11-16-36-38(18-30)66-43-33(19-52-49(61-43)63-21-26(2)54-27(3)22-63)41(51-6)39(45(66)60-36)47(67)57-31-12-13-31/h7-11,16,18-20,25-29,31-32,51,54-56H,12-15,17,21-24H2,1-6H3,(H,57,67)(H,58,68). The highest BCUT2D eigenvalue weighted by Crippen LogP contribution is 2.38. The summed E-state index contributed by atoms with van der Waals surface area (Å²) in [6, 6.07) is 15.4. The van der Waals surface area contributed by atoms with Crippen LogP contribution in [0.15, 0.2) is 54.9 Å². The van der Waals surface area contributed by atoms with Crippen LogP contribution in [0.1, 0.15) is 86.6 Å². The van der Waals surface area contributed by atoms with Crippen LogP contribution >= 0.6 is 0 Å². The molecule has 8 aromatic rings. The van der Waals surface area contributed by atoms with Crippen LogP contribution in [-0.2, 0) is 6.42 Å². The number of nitrogens with one attached hydrogen (secondary N) is 6. The predicted octanol–water partition coefficient (Wildman–Crippen LogP) is 5.42. The van der Waals surface area contributed by atoms with Crippen molar-refractivity contribution in [1.82, 2.24) is 60.0 Å². The van der Waals surface area contributed by atoms with Gasteiger partial charge in [-0.2, -0.15) is 9.97 Å². The molecule has 0 spiro atoms. The molecule has 12 rings (SSSR count). The Morgan fingerprint density at radius 3 is 1.69 bits per heavy atom. The first kappa shape index (κ1) is 42.4. The molecule has 6 aromatic heterocycles. The first-order valence-electron chi connectivity index (χ1n) is 24.3. The molecular formula is C50H58N16O2. The van der Waals surface area contributed by atoms with Gasteiger partial charge in [0.05, 0.1) is 44.2 Å². The first-order valence-corrected chi connectivity index (χ1v) is 24.3. The number of amides is 2. The third-order valence-corrected chi connectivity index (χ3v) is 13.8. The van der Waals surface area contributed by atoms with Gasteiger partial charge in [0.25, 0.3) is 11.8 Å². The fourth-order valence-electron chi connectivity index (χ4n) is 10.7. The molecular weight excluding hydrogens is 857 g/mol. The third kappa shape index (κ3) is 7.49. The highest BCUT2D eigenvalue weighted by atomic mass is 16.2. The van der Waals surface area contributed by atoms with Crippen molar-refractivity contribution >= 4 is 90.5 Å². The number of carbonyl (C=O) groups is 2. The van der Waals surface area contributed by atoms with Gasteiger partial charge in [0.1, 0.15) is 11.1 Å². The number of fused-ring (bicyclic) bond motifs is 10. The number of imidazole rings is 2. The zero-order chi connectivity index (χ0) is 46.5. The molecule has 8 heterocycles. The molecule has 0 bridgehead atoms. The number of hydrogen-bond donors (Lipinski definition) is 6. The second-order valence-corrected chi connectivity index (χ2v) is 19.9. The van der Waals surface area contributed by atoms with Gasteiger partial charge in [0.2, 0.25) is 11.9 Å². The molecule has 2 aromatic carbocycles. The Morgan fingerprint density at radius 2 is 1.15 bits per heavy atom. The molecule has 4 fully saturated rings. The summed E-state index contributed by atoms with van der Waals surface area (Å²) in [5.41, 5.74) is 8.95. The lowest BCUT2D eigenvalue weighted by molar-refractivity contribution is 0.0944. The van der Waals surface area contributed by atoms with E-state index in [2.05, 4.69) is 88.5 Å². The maximum Gasteiger partial charge on any atom is 0.257 e. The molecule has 18 nitrogen and oxygen atoms in total. The summed E-state index contributed by atoms with van der Waals surface area (Å²) in [5, 5.41) is 22.3. The minimum atomic E-state index is -0.179. The molecule has 18 heteroatoms. The number of aromatic nitrogens is 8. The largest absolute Gasteiger partial charge is 0.387 e. The van der Waals surface area contributed by atoms with Crippen LogP contribution in [0.2, 0.25) is 0 Å². The van der Waals surface area contributed by atoms with Gasteiger partial charge in [-0.1, -0.05) is 18.2 Å². The van der Waals surface area contributed by atoms with Crippen LogP contribution in [0.4, 0.5) is 23.3 Å². The van der Waals surface area contributed by atoms with Gasteiger partial charge >= 0.3 is 0 Å². The number of rotatable bonds is 11. The molecule has 350 valence electrons. The number of carbonyl (C=O) groups excluding carboxylic acids is 2. The van der Waals surface area contributed by atoms with E-state index in [1.807, 2.05) is 58.6 Å². The average molecular weight is 915 g/mol. The SMILES string of the molecule is CNc1c(C(=O)NC2CC2)c2nc3ccc(CC(C)Nc4c(C(=O)NC5CC5)c5nc6ccccc6n5c5nc(N6CC(C)NC(C)C6)ncc45)cc3n2c2nc(N3CC(C)NC(C)C3)ncc12. The number of nitrogens with zero attached hydrogens (tertiary/aromatic N) is 10. The molecule has 2 aliphatic heterocycles. The Morgan fingerprint density at radius 1 is 0.647 bits per heavy atom. The van der Waals surface area contributed by atoms with E-state index in [4.69, 9.17) is 29.9 Å². The molecule has 6 N–H and O–H groups in total. The molecule has 5 atom stereocenters. The van der Waals surface area contributed by atoms with E-state index in [0.717, 1.165) is 90.3 Å². The highest BCUT2D eigenvalue weighted by molar-refractivity contribution is 6.15. The number of hydrogen-bond acceptors (Lipinski definition) is 14. The number of para-hydroxylation sites is 2. The van der Waals surface area contributed by atoms with Gasteiger partial charge in [0, 0.05) is 87.9 Å². The van der Waals surface area contributed by atoms with Crippen molar-refractivity contribution in [3.63, 3.8) is 0 Å². The van der Waals surface area contributed by atoms with Crippen LogP contribution in [0, 0.1) is 0 Å². The average Bonchev–Trinajstić information content (AvgIpc) is 4.24. The Labute approximate surface area is 393 Å². The van der Waals surface area contributed by atoms with Gasteiger partial charge in [-0.25, -0.2) is 19.9 Å². The Balaban J connectivity index is 0.978. The fraction of sp³-hybridized carbons (Fsp3) is 0.440. The zero-order valence-corrected chi connectivity index (χ0v) is 39.4. The van der Waals surface area contributed by atoms with Crippen LogP contribution < -0.4 is 41.7 Å². The molecule has 2 saturated carbocycles. The van der Waals surface area contributed by atoms with Crippen LogP contribution in [-0.4, -0.2) is 126 Å². The smallest absolute Gasteiger partial charge is 0.257 e. The molecule has 2 aliphatic carbocycles. The lowest BCUT2D eigenvalue weighted by atomic mass is 10.0. The highest BCUT2D eigenvalue weighted by Gasteiger charge is 2.33. The summed E-state index contributed by atoms with van der Waals surface area (Å²) in [6.07, 6.45) is 8.12. The van der Waals surface area contributed by atoms with Crippen molar-refractivity contribution in [3.8, 4) is 0 Å². The van der Waals surface area contributed by atoms with Crippen LogP contribution in [0.3, 0.4) is 0 Å². The third-order valence-electron chi connectivity index (χ3n) is 13.8. The predicted molar refractivity (Wildman–Crippen MR) is 267 cm³/mol. The number of piperazine rings is 2. The maximum absolute atomic E-state index is 14.5. The second-order valence-electron chi connectivity index (χ2n) is 19.9. The zero-order valence-electron chi connectivity index (χ0n) is 39.4. The topological polar surface area (TPSA) is 199 Å². The summed E-state index contributed by atoms with van der Waals surface area (Å²) >= 11 is 0. The molecule has 2 saturated heterocycles. The summed E-state index contributed by atoms with van der Waals surface area (Å²) in [6.45, 7) is 13.9. The van der Waals surface area contributed by atoms with E-state index in [-0.39, 0.29) is 54.1 Å². The van der Waals surface area contributed by atoms with E-state index in [9.17, 15) is 9.59 Å². The van der Waals surface area contributed by atoms with Gasteiger partial charge < -0.3 is 41.7 Å². The van der Waals surface area contributed by atoms with Crippen molar-refractivity contribution in [2.45, 2.75) is 109 Å². The second kappa shape index (κ2) is 16.4. The van der Waals surface area contributed by atoms with Crippen molar-refractivity contribution in [1.29, 1.82) is 0 Å². The Kier molecular flexibility index (Phi) is 10.2. The van der Waals surface area contributed by atoms with Crippen molar-refractivity contribution in [2.75, 3.05) is 53.7 Å². The minimum absolute atomic E-state index is 0.131. The van der Waals surface area contributed by atoms with Crippen molar-refractivity contribution in [3.05, 3.63) is 71.5 Å². The Hall–Kier alpha value is -6.92. The van der Waals surface area contributed by atoms with E-state index in [1.54, 1.807) is 0 Å². The summed E-state index contributed by atoms with van der Waals surface area (Å²) in [5.74, 6) is 0.932. The quantitative estimate of drug-likeness (QED) is 0.0962. The van der Waals surface area contributed by atoms with Crippen molar-refractivity contribution in [2.24, 2.45) is 0 Å². The normalized spacial score (nSPS) is 21.6. The molecule has 4 aliphatic rings. The lowest BCUT2D eigenvalue weighted by Crippen LogP contribution is -2.54. The van der Waals surface area contributed by atoms with Gasteiger partial charge in [0.15, 0.2) is 22.6 Å². The number of anilines is 4. The molecule has 0 radical (unpaired) electrons. The van der Waals surface area contributed by atoms with Gasteiger partial charge in [-0.05, 0) is 96.6 Å². The monoisotopic (exact) mass is 914 g/mol. The minimum Gasteiger partial charge on any atom is -0.387 e. The molecule has 2 amide bonds. The maximum atomic E-state index is 14.5. The first-order chi connectivity index (χ1) is 33.0. The van der Waals surface area contributed by atoms with Gasteiger partial charge in [-0.15, -0.1) is 0 Å². The fourth-order valence-corrected chi connectivity index (χ4v) is 10.7. The van der Waals surface area contributed by atoms with Crippen LogP contribution in [0.25, 0.3) is 55.4 Å². The van der Waals surface area contributed by atoms with Crippen molar-refractivity contribution < 1.29 is 9.59 Å².